The van der Waals surface area contributed by atoms with Gasteiger partial charge in [-0.05, 0) is 13.0 Å². The number of nitrogens with zero attached hydrogens (tertiary/aromatic N) is 1. The van der Waals surface area contributed by atoms with E-state index in [1.165, 1.54) is 5.56 Å². The number of ether oxygens (including phenoxy) is 1. The first-order valence-electron chi connectivity index (χ1n) is 6.11. The fourth-order valence-corrected chi connectivity index (χ4v) is 2.37. The van der Waals surface area contributed by atoms with Crippen LogP contribution in [0, 0.1) is 0 Å². The number of piperidine rings is 1. The van der Waals surface area contributed by atoms with Crippen LogP contribution in [0.4, 0.5) is 0 Å². The quantitative estimate of drug-likeness (QED) is 0.803. The number of ketones is 1. The van der Waals surface area contributed by atoms with Crippen molar-refractivity contribution in [1.29, 1.82) is 0 Å². The molecule has 1 aliphatic rings. The monoisotopic (exact) mass is 233 g/mol. The van der Waals surface area contributed by atoms with E-state index in [0.29, 0.717) is 24.7 Å². The van der Waals surface area contributed by atoms with Crippen molar-refractivity contribution in [3.05, 3.63) is 29.8 Å². The maximum absolute atomic E-state index is 11.2. The van der Waals surface area contributed by atoms with Crippen molar-refractivity contribution in [2.24, 2.45) is 0 Å². The fourth-order valence-electron chi connectivity index (χ4n) is 2.37. The Labute approximate surface area is 102 Å². The molecule has 0 N–H and O–H groups in total. The van der Waals surface area contributed by atoms with E-state index in [4.69, 9.17) is 4.74 Å². The van der Waals surface area contributed by atoms with Gasteiger partial charge in [0.25, 0.3) is 0 Å². The van der Waals surface area contributed by atoms with Gasteiger partial charge in [0.1, 0.15) is 11.5 Å². The van der Waals surface area contributed by atoms with Gasteiger partial charge in [-0.2, -0.15) is 0 Å². The van der Waals surface area contributed by atoms with Crippen LogP contribution in [-0.2, 0) is 4.79 Å². The number of hydrogen-bond acceptors (Lipinski definition) is 3. The van der Waals surface area contributed by atoms with Crippen LogP contribution in [0.5, 0.6) is 5.75 Å². The molecule has 0 bridgehead atoms. The summed E-state index contributed by atoms with van der Waals surface area (Å²) in [4.78, 5) is 13.6. The van der Waals surface area contributed by atoms with Crippen LogP contribution >= 0.6 is 0 Å². The Morgan fingerprint density at radius 3 is 2.53 bits per heavy atom. The Morgan fingerprint density at radius 2 is 1.88 bits per heavy atom. The first-order valence-corrected chi connectivity index (χ1v) is 6.11. The molecule has 0 aliphatic carbocycles. The molecule has 2 rings (SSSR count). The van der Waals surface area contributed by atoms with Crippen molar-refractivity contribution in [2.75, 3.05) is 20.2 Å². The SMILES string of the molecule is COc1ccccc1C(C)N1CCC(=O)CC1. The Hall–Kier alpha value is -1.35. The van der Waals surface area contributed by atoms with Gasteiger partial charge in [0, 0.05) is 37.5 Å². The Balaban J connectivity index is 2.13. The van der Waals surface area contributed by atoms with Crippen molar-refractivity contribution in [3.63, 3.8) is 0 Å². The molecule has 1 atom stereocenters. The third kappa shape index (κ3) is 2.67. The lowest BCUT2D eigenvalue weighted by molar-refractivity contribution is -0.121. The predicted molar refractivity (Wildman–Crippen MR) is 67.2 cm³/mol. The number of rotatable bonds is 3. The van der Waals surface area contributed by atoms with Crippen LogP contribution in [0.3, 0.4) is 0 Å². The summed E-state index contributed by atoms with van der Waals surface area (Å²) >= 11 is 0. The average Bonchev–Trinajstić information content (AvgIpc) is 2.39. The summed E-state index contributed by atoms with van der Waals surface area (Å²) in [6, 6.07) is 8.40. The molecule has 3 nitrogen and oxygen atoms in total. The van der Waals surface area contributed by atoms with Crippen LogP contribution in [0.15, 0.2) is 24.3 Å². The lowest BCUT2D eigenvalue weighted by Gasteiger charge is -2.32. The summed E-state index contributed by atoms with van der Waals surface area (Å²) in [5.41, 5.74) is 1.20. The summed E-state index contributed by atoms with van der Waals surface area (Å²) in [5, 5.41) is 0. The Bertz CT molecular complexity index is 393. The number of para-hydroxylation sites is 1. The largest absolute Gasteiger partial charge is 0.496 e. The van der Waals surface area contributed by atoms with Crippen LogP contribution in [0.1, 0.15) is 31.4 Å². The molecular weight excluding hydrogens is 214 g/mol. The molecule has 3 heteroatoms. The van der Waals surface area contributed by atoms with Gasteiger partial charge in [0.05, 0.1) is 7.11 Å². The molecule has 0 saturated carbocycles. The molecule has 0 aromatic heterocycles. The van der Waals surface area contributed by atoms with E-state index in [1.807, 2.05) is 18.2 Å². The van der Waals surface area contributed by atoms with E-state index in [0.717, 1.165) is 18.8 Å². The minimum absolute atomic E-state index is 0.305. The lowest BCUT2D eigenvalue weighted by Crippen LogP contribution is -2.35. The zero-order valence-corrected chi connectivity index (χ0v) is 10.5. The van der Waals surface area contributed by atoms with E-state index < -0.39 is 0 Å². The second-order valence-electron chi connectivity index (χ2n) is 4.49. The van der Waals surface area contributed by atoms with Gasteiger partial charge in [-0.15, -0.1) is 0 Å². The third-order valence-corrected chi connectivity index (χ3v) is 3.49. The molecule has 0 radical (unpaired) electrons. The summed E-state index contributed by atoms with van der Waals surface area (Å²) in [5.74, 6) is 1.31. The minimum atomic E-state index is 0.305. The van der Waals surface area contributed by atoms with Crippen LogP contribution in [-0.4, -0.2) is 30.9 Å². The summed E-state index contributed by atoms with van der Waals surface area (Å²) in [6.45, 7) is 3.89. The molecule has 1 saturated heterocycles. The highest BCUT2D eigenvalue weighted by molar-refractivity contribution is 5.79. The number of methoxy groups -OCH3 is 1. The molecule has 1 aliphatic heterocycles. The van der Waals surface area contributed by atoms with Crippen molar-refractivity contribution < 1.29 is 9.53 Å². The number of hydrogen-bond donors (Lipinski definition) is 0. The molecule has 0 amide bonds. The van der Waals surface area contributed by atoms with E-state index in [-0.39, 0.29) is 0 Å². The molecular formula is C14H19NO2. The predicted octanol–water partition coefficient (Wildman–Crippen LogP) is 2.42. The van der Waals surface area contributed by atoms with Gasteiger partial charge in [0.2, 0.25) is 0 Å². The van der Waals surface area contributed by atoms with E-state index in [9.17, 15) is 4.79 Å². The molecule has 17 heavy (non-hydrogen) atoms. The summed E-state index contributed by atoms with van der Waals surface area (Å²) < 4.78 is 5.38. The highest BCUT2D eigenvalue weighted by atomic mass is 16.5. The van der Waals surface area contributed by atoms with Gasteiger partial charge in [-0.3, -0.25) is 9.69 Å². The van der Waals surface area contributed by atoms with Gasteiger partial charge in [0.15, 0.2) is 0 Å². The highest BCUT2D eigenvalue weighted by Crippen LogP contribution is 2.30. The van der Waals surface area contributed by atoms with Gasteiger partial charge < -0.3 is 4.74 Å². The zero-order chi connectivity index (χ0) is 12.3. The average molecular weight is 233 g/mol. The topological polar surface area (TPSA) is 29.5 Å². The first kappa shape index (κ1) is 12.1. The van der Waals surface area contributed by atoms with Gasteiger partial charge >= 0.3 is 0 Å². The maximum atomic E-state index is 11.2. The van der Waals surface area contributed by atoms with E-state index in [1.54, 1.807) is 7.11 Å². The third-order valence-electron chi connectivity index (χ3n) is 3.49. The molecule has 0 spiro atoms. The summed E-state index contributed by atoms with van der Waals surface area (Å²) in [7, 11) is 1.70. The molecule has 1 heterocycles. The number of Topliss-reactive ketones (excluding diaryl/α,β-unsaturated/α-hetero) is 1. The minimum Gasteiger partial charge on any atom is -0.496 e. The van der Waals surface area contributed by atoms with Crippen molar-refractivity contribution in [1.82, 2.24) is 4.90 Å². The molecule has 92 valence electrons. The molecule has 1 unspecified atom stereocenters. The van der Waals surface area contributed by atoms with E-state index in [2.05, 4.69) is 17.9 Å². The fraction of sp³-hybridized carbons (Fsp3) is 0.500. The first-order chi connectivity index (χ1) is 8.22. The number of likely N-dealkylation sites (tertiary alicyclic amines) is 1. The van der Waals surface area contributed by atoms with Crippen molar-refractivity contribution in [2.45, 2.75) is 25.8 Å². The van der Waals surface area contributed by atoms with Crippen molar-refractivity contribution in [3.8, 4) is 5.75 Å². The number of benzene rings is 1. The van der Waals surface area contributed by atoms with Gasteiger partial charge in [-0.25, -0.2) is 0 Å². The molecule has 1 fully saturated rings. The van der Waals surface area contributed by atoms with Crippen LogP contribution < -0.4 is 4.74 Å². The summed E-state index contributed by atoms with van der Waals surface area (Å²) in [6.07, 6.45) is 1.36. The van der Waals surface area contributed by atoms with Crippen LogP contribution in [0.25, 0.3) is 0 Å². The number of carbonyl (C=O) groups excluding carboxylic acids is 1. The van der Waals surface area contributed by atoms with Crippen molar-refractivity contribution >= 4 is 5.78 Å². The Morgan fingerprint density at radius 1 is 1.24 bits per heavy atom. The van der Waals surface area contributed by atoms with Gasteiger partial charge in [-0.1, -0.05) is 18.2 Å². The molecule has 1 aromatic rings. The zero-order valence-electron chi connectivity index (χ0n) is 10.5. The second-order valence-corrected chi connectivity index (χ2v) is 4.49. The smallest absolute Gasteiger partial charge is 0.135 e. The lowest BCUT2D eigenvalue weighted by atomic mass is 10.0. The normalized spacial score (nSPS) is 19.1. The van der Waals surface area contributed by atoms with Crippen LogP contribution in [0.2, 0.25) is 0 Å². The molecule has 1 aromatic carbocycles. The highest BCUT2D eigenvalue weighted by Gasteiger charge is 2.23. The Kier molecular flexibility index (Phi) is 3.79. The standard InChI is InChI=1S/C14H19NO2/c1-11(15-9-7-12(16)8-10-15)13-5-3-4-6-14(13)17-2/h3-6,11H,7-10H2,1-2H3. The second kappa shape index (κ2) is 5.32. The maximum Gasteiger partial charge on any atom is 0.135 e. The number of carbonyl (C=O) groups is 1. The van der Waals surface area contributed by atoms with E-state index >= 15 is 0 Å².